The molecule has 0 fully saturated rings. The molecule has 3 aromatic rings. The summed E-state index contributed by atoms with van der Waals surface area (Å²) >= 11 is 0. The van der Waals surface area contributed by atoms with E-state index in [1.807, 2.05) is 24.3 Å². The first-order valence-electron chi connectivity index (χ1n) is 5.61. The highest BCUT2D eigenvalue weighted by Crippen LogP contribution is 2.18. The van der Waals surface area contributed by atoms with Crippen LogP contribution < -0.4 is 10.9 Å². The van der Waals surface area contributed by atoms with Gasteiger partial charge in [0, 0.05) is 17.1 Å². The molecule has 1 N–H and O–H groups in total. The lowest BCUT2D eigenvalue weighted by atomic mass is 10.2. The van der Waals surface area contributed by atoms with Crippen molar-refractivity contribution in [3.05, 3.63) is 64.9 Å². The third-order valence-electron chi connectivity index (χ3n) is 2.67. The monoisotopic (exact) mass is 241 g/mol. The van der Waals surface area contributed by atoms with Crippen molar-refractivity contribution in [3.8, 4) is 0 Å². The minimum absolute atomic E-state index is 0.334. The standard InChI is InChI=1S/C14H11NO3/c16-14-6-3-10-8-11(4-5-13(10)18-14)15-9-12-2-1-7-17-12/h1-8,15H,9H2. The van der Waals surface area contributed by atoms with Gasteiger partial charge in [0.1, 0.15) is 11.3 Å². The summed E-state index contributed by atoms with van der Waals surface area (Å²) in [7, 11) is 0. The highest BCUT2D eigenvalue weighted by Gasteiger charge is 2.00. The molecule has 0 radical (unpaired) electrons. The van der Waals surface area contributed by atoms with E-state index in [1.165, 1.54) is 6.07 Å². The SMILES string of the molecule is O=c1ccc2cc(NCc3ccco3)ccc2o1. The van der Waals surface area contributed by atoms with Gasteiger partial charge in [-0.2, -0.15) is 0 Å². The molecule has 4 heteroatoms. The Hall–Kier alpha value is -2.49. The van der Waals surface area contributed by atoms with Crippen LogP contribution in [0.5, 0.6) is 0 Å². The van der Waals surface area contributed by atoms with Gasteiger partial charge in [-0.25, -0.2) is 4.79 Å². The number of hydrogen-bond donors (Lipinski definition) is 1. The van der Waals surface area contributed by atoms with E-state index < -0.39 is 0 Å². The van der Waals surface area contributed by atoms with Crippen molar-refractivity contribution in [2.45, 2.75) is 6.54 Å². The Kier molecular flexibility index (Phi) is 2.61. The van der Waals surface area contributed by atoms with E-state index in [0.717, 1.165) is 16.8 Å². The van der Waals surface area contributed by atoms with Crippen LogP contribution in [-0.2, 0) is 6.54 Å². The molecule has 18 heavy (non-hydrogen) atoms. The molecule has 0 aliphatic heterocycles. The van der Waals surface area contributed by atoms with E-state index >= 15 is 0 Å². The molecule has 4 nitrogen and oxygen atoms in total. The van der Waals surface area contributed by atoms with Crippen molar-refractivity contribution in [3.63, 3.8) is 0 Å². The molecule has 0 unspecified atom stereocenters. The molecule has 2 aromatic heterocycles. The lowest BCUT2D eigenvalue weighted by Crippen LogP contribution is -1.98. The third-order valence-corrected chi connectivity index (χ3v) is 2.67. The zero-order valence-electron chi connectivity index (χ0n) is 9.55. The zero-order chi connectivity index (χ0) is 12.4. The molecular weight excluding hydrogens is 230 g/mol. The van der Waals surface area contributed by atoms with Gasteiger partial charge in [0.15, 0.2) is 0 Å². The van der Waals surface area contributed by atoms with Gasteiger partial charge in [-0.1, -0.05) is 0 Å². The first-order valence-corrected chi connectivity index (χ1v) is 5.61. The van der Waals surface area contributed by atoms with Crippen LogP contribution in [-0.4, -0.2) is 0 Å². The van der Waals surface area contributed by atoms with Gasteiger partial charge < -0.3 is 14.2 Å². The highest BCUT2D eigenvalue weighted by atomic mass is 16.4. The van der Waals surface area contributed by atoms with E-state index in [4.69, 9.17) is 8.83 Å². The molecule has 0 atom stereocenters. The molecule has 0 amide bonds. The average Bonchev–Trinajstić information content (AvgIpc) is 2.89. The number of rotatable bonds is 3. The smallest absolute Gasteiger partial charge is 0.336 e. The predicted molar refractivity (Wildman–Crippen MR) is 68.5 cm³/mol. The van der Waals surface area contributed by atoms with Crippen LogP contribution in [0.15, 0.2) is 62.4 Å². The lowest BCUT2D eigenvalue weighted by molar-refractivity contribution is 0.518. The topological polar surface area (TPSA) is 55.4 Å². The fraction of sp³-hybridized carbons (Fsp3) is 0.0714. The maximum absolute atomic E-state index is 11.1. The fourth-order valence-corrected chi connectivity index (χ4v) is 1.78. The molecular formula is C14H11NO3. The maximum Gasteiger partial charge on any atom is 0.336 e. The van der Waals surface area contributed by atoms with E-state index in [0.29, 0.717) is 12.1 Å². The van der Waals surface area contributed by atoms with Gasteiger partial charge in [-0.15, -0.1) is 0 Å². The summed E-state index contributed by atoms with van der Waals surface area (Å²) in [5.74, 6) is 0.870. The number of benzene rings is 1. The summed E-state index contributed by atoms with van der Waals surface area (Å²) in [4.78, 5) is 11.1. The van der Waals surface area contributed by atoms with Crippen molar-refractivity contribution in [2.75, 3.05) is 5.32 Å². The van der Waals surface area contributed by atoms with Gasteiger partial charge in [-0.3, -0.25) is 0 Å². The van der Waals surface area contributed by atoms with Crippen LogP contribution in [0.1, 0.15) is 5.76 Å². The second-order valence-electron chi connectivity index (χ2n) is 3.94. The van der Waals surface area contributed by atoms with Gasteiger partial charge >= 0.3 is 5.63 Å². The van der Waals surface area contributed by atoms with Gasteiger partial charge in [0.2, 0.25) is 0 Å². The number of hydrogen-bond acceptors (Lipinski definition) is 4. The number of fused-ring (bicyclic) bond motifs is 1. The first-order chi connectivity index (χ1) is 8.81. The quantitative estimate of drug-likeness (QED) is 0.716. The molecule has 3 rings (SSSR count). The summed E-state index contributed by atoms with van der Waals surface area (Å²) in [6, 6.07) is 12.5. The Balaban J connectivity index is 1.85. The van der Waals surface area contributed by atoms with Gasteiger partial charge in [0.05, 0.1) is 12.8 Å². The summed E-state index contributed by atoms with van der Waals surface area (Å²) in [6.07, 6.45) is 1.64. The number of nitrogens with one attached hydrogen (secondary N) is 1. The molecule has 2 heterocycles. The van der Waals surface area contributed by atoms with Crippen molar-refractivity contribution >= 4 is 16.7 Å². The lowest BCUT2D eigenvalue weighted by Gasteiger charge is -2.05. The molecule has 0 bridgehead atoms. The Bertz CT molecular complexity index is 713. The molecule has 90 valence electrons. The summed E-state index contributed by atoms with van der Waals surface area (Å²) in [5.41, 5.74) is 1.21. The normalized spacial score (nSPS) is 10.7. The van der Waals surface area contributed by atoms with E-state index in [1.54, 1.807) is 18.4 Å². The fourth-order valence-electron chi connectivity index (χ4n) is 1.78. The van der Waals surface area contributed by atoms with Crippen molar-refractivity contribution in [1.29, 1.82) is 0 Å². The first kappa shape index (κ1) is 10.7. The maximum atomic E-state index is 11.1. The van der Waals surface area contributed by atoms with E-state index in [9.17, 15) is 4.79 Å². The molecule has 0 spiro atoms. The largest absolute Gasteiger partial charge is 0.467 e. The zero-order valence-corrected chi connectivity index (χ0v) is 9.55. The van der Waals surface area contributed by atoms with Crippen molar-refractivity contribution < 1.29 is 8.83 Å². The van der Waals surface area contributed by atoms with Crippen LogP contribution in [0.25, 0.3) is 11.0 Å². The minimum Gasteiger partial charge on any atom is -0.467 e. The predicted octanol–water partition coefficient (Wildman–Crippen LogP) is 3.00. The van der Waals surface area contributed by atoms with Crippen LogP contribution in [0.2, 0.25) is 0 Å². The third kappa shape index (κ3) is 2.13. The second-order valence-corrected chi connectivity index (χ2v) is 3.94. The molecule has 0 saturated carbocycles. The van der Waals surface area contributed by atoms with Crippen LogP contribution in [0.3, 0.4) is 0 Å². The van der Waals surface area contributed by atoms with Gasteiger partial charge in [-0.05, 0) is 36.4 Å². The van der Waals surface area contributed by atoms with Crippen LogP contribution in [0.4, 0.5) is 5.69 Å². The Labute approximate surface area is 103 Å². The summed E-state index contributed by atoms with van der Waals surface area (Å²) in [6.45, 7) is 0.620. The van der Waals surface area contributed by atoms with Crippen molar-refractivity contribution in [2.24, 2.45) is 0 Å². The Morgan fingerprint density at radius 3 is 2.89 bits per heavy atom. The van der Waals surface area contributed by atoms with Crippen LogP contribution in [0, 0.1) is 0 Å². The molecule has 0 aliphatic rings. The Morgan fingerprint density at radius 2 is 2.06 bits per heavy atom. The molecule has 1 aromatic carbocycles. The van der Waals surface area contributed by atoms with E-state index in [2.05, 4.69) is 5.32 Å². The minimum atomic E-state index is -0.334. The van der Waals surface area contributed by atoms with Crippen molar-refractivity contribution in [1.82, 2.24) is 0 Å². The summed E-state index contributed by atoms with van der Waals surface area (Å²) in [5, 5.41) is 4.13. The average molecular weight is 241 g/mol. The second kappa shape index (κ2) is 4.41. The number of furan rings is 1. The highest BCUT2D eigenvalue weighted by molar-refractivity contribution is 5.80. The Morgan fingerprint density at radius 1 is 1.11 bits per heavy atom. The van der Waals surface area contributed by atoms with Crippen LogP contribution >= 0.6 is 0 Å². The summed E-state index contributed by atoms with van der Waals surface area (Å²) < 4.78 is 10.3. The number of anilines is 1. The van der Waals surface area contributed by atoms with E-state index in [-0.39, 0.29) is 5.63 Å². The van der Waals surface area contributed by atoms with Gasteiger partial charge in [0.25, 0.3) is 0 Å². The molecule has 0 saturated heterocycles. The molecule has 0 aliphatic carbocycles.